The molecule has 0 unspecified atom stereocenters. The summed E-state index contributed by atoms with van der Waals surface area (Å²) in [5.41, 5.74) is 0. The quantitative estimate of drug-likeness (QED) is 0.530. The van der Waals surface area contributed by atoms with E-state index in [0.717, 1.165) is 0 Å². The average Bonchev–Trinajstić information content (AvgIpc) is 2.14. The Morgan fingerprint density at radius 2 is 2.44 bits per heavy atom. The fourth-order valence-electron chi connectivity index (χ4n) is 1.09. The van der Waals surface area contributed by atoms with Crippen molar-refractivity contribution in [3.05, 3.63) is 0 Å². The Bertz CT molecular complexity index is 97.1. The molecule has 1 fully saturated rings. The van der Waals surface area contributed by atoms with E-state index in [0.29, 0.717) is 13.0 Å². The molecule has 1 heterocycles. The molecule has 2 nitrogen and oxygen atoms in total. The number of halogens is 1. The van der Waals surface area contributed by atoms with Gasteiger partial charge in [0, 0.05) is 12.6 Å². The third kappa shape index (κ3) is 1.63. The van der Waals surface area contributed by atoms with Crippen LogP contribution in [0.3, 0.4) is 0 Å². The van der Waals surface area contributed by atoms with Crippen LogP contribution < -0.4 is 5.32 Å². The van der Waals surface area contributed by atoms with E-state index < -0.39 is 12.3 Å². The van der Waals surface area contributed by atoms with Crippen LogP contribution in [0.25, 0.3) is 0 Å². The van der Waals surface area contributed by atoms with Crippen molar-refractivity contribution in [1.82, 2.24) is 5.32 Å². The van der Waals surface area contributed by atoms with Crippen LogP contribution in [0, 0.1) is 0 Å². The molecule has 3 heteroatoms. The minimum Gasteiger partial charge on any atom is -0.392 e. The Morgan fingerprint density at radius 1 is 1.78 bits per heavy atom. The van der Waals surface area contributed by atoms with Crippen LogP contribution in [0.1, 0.15) is 13.3 Å². The molecule has 1 rings (SSSR count). The smallest absolute Gasteiger partial charge is 0.114 e. The van der Waals surface area contributed by atoms with Crippen LogP contribution in [0.5, 0.6) is 0 Å². The molecule has 3 atom stereocenters. The summed E-state index contributed by atoms with van der Waals surface area (Å²) in [4.78, 5) is 0. The molecule has 9 heavy (non-hydrogen) atoms. The predicted molar refractivity (Wildman–Crippen MR) is 33.0 cm³/mol. The lowest BCUT2D eigenvalue weighted by atomic mass is 10.1. The maximum Gasteiger partial charge on any atom is 0.114 e. The van der Waals surface area contributed by atoms with E-state index in [2.05, 4.69) is 5.32 Å². The minimum absolute atomic E-state index is 0.0278. The van der Waals surface area contributed by atoms with E-state index in [1.54, 1.807) is 6.92 Å². The average molecular weight is 133 g/mol. The highest BCUT2D eigenvalue weighted by atomic mass is 19.1. The Hall–Kier alpha value is -0.150. The van der Waals surface area contributed by atoms with Crippen molar-refractivity contribution in [1.29, 1.82) is 0 Å². The Labute approximate surface area is 54.1 Å². The van der Waals surface area contributed by atoms with Gasteiger partial charge >= 0.3 is 0 Å². The van der Waals surface area contributed by atoms with Crippen molar-refractivity contribution in [3.8, 4) is 0 Å². The molecule has 2 N–H and O–H groups in total. The van der Waals surface area contributed by atoms with Crippen LogP contribution in [-0.4, -0.2) is 30.0 Å². The fraction of sp³-hybridized carbons (Fsp3) is 1.00. The largest absolute Gasteiger partial charge is 0.392 e. The van der Waals surface area contributed by atoms with E-state index in [1.165, 1.54) is 0 Å². The highest BCUT2D eigenvalue weighted by Gasteiger charge is 2.26. The summed E-state index contributed by atoms with van der Waals surface area (Å²) < 4.78 is 12.4. The SMILES string of the molecule is C[C@@H](O)[C@H]1C[C@H](F)CN1. The highest BCUT2D eigenvalue weighted by Crippen LogP contribution is 2.12. The lowest BCUT2D eigenvalue weighted by Crippen LogP contribution is -2.32. The zero-order valence-corrected chi connectivity index (χ0v) is 5.47. The maximum absolute atomic E-state index is 12.4. The topological polar surface area (TPSA) is 32.3 Å². The van der Waals surface area contributed by atoms with Crippen LogP contribution in [0.15, 0.2) is 0 Å². The first-order valence-electron chi connectivity index (χ1n) is 3.25. The van der Waals surface area contributed by atoms with Crippen molar-refractivity contribution in [2.45, 2.75) is 31.7 Å². The van der Waals surface area contributed by atoms with E-state index in [-0.39, 0.29) is 6.04 Å². The lowest BCUT2D eigenvalue weighted by molar-refractivity contribution is 0.151. The number of aliphatic hydroxyl groups is 1. The molecular formula is C6H12FNO. The Morgan fingerprint density at radius 3 is 2.67 bits per heavy atom. The maximum atomic E-state index is 12.4. The molecular weight excluding hydrogens is 121 g/mol. The van der Waals surface area contributed by atoms with Gasteiger partial charge in [-0.05, 0) is 13.3 Å². The van der Waals surface area contributed by atoms with Crippen molar-refractivity contribution in [2.24, 2.45) is 0 Å². The van der Waals surface area contributed by atoms with Gasteiger partial charge in [0.15, 0.2) is 0 Å². The number of hydrogen-bond acceptors (Lipinski definition) is 2. The molecule has 0 amide bonds. The first-order chi connectivity index (χ1) is 4.20. The van der Waals surface area contributed by atoms with Gasteiger partial charge in [-0.15, -0.1) is 0 Å². The second-order valence-corrected chi connectivity index (χ2v) is 2.59. The Balaban J connectivity index is 2.30. The number of hydrogen-bond donors (Lipinski definition) is 2. The second-order valence-electron chi connectivity index (χ2n) is 2.59. The molecule has 0 bridgehead atoms. The number of rotatable bonds is 1. The molecule has 0 aromatic carbocycles. The summed E-state index contributed by atoms with van der Waals surface area (Å²) in [5.74, 6) is 0. The van der Waals surface area contributed by atoms with Crippen LogP contribution in [0.2, 0.25) is 0 Å². The van der Waals surface area contributed by atoms with Gasteiger partial charge in [0.2, 0.25) is 0 Å². The van der Waals surface area contributed by atoms with Gasteiger partial charge in [0.1, 0.15) is 6.17 Å². The van der Waals surface area contributed by atoms with E-state index in [4.69, 9.17) is 5.11 Å². The summed E-state index contributed by atoms with van der Waals surface area (Å²) in [6.45, 7) is 2.07. The van der Waals surface area contributed by atoms with Crippen LogP contribution in [0.4, 0.5) is 4.39 Å². The summed E-state index contributed by atoms with van der Waals surface area (Å²) >= 11 is 0. The van der Waals surface area contributed by atoms with Gasteiger partial charge < -0.3 is 10.4 Å². The van der Waals surface area contributed by atoms with Crippen molar-refractivity contribution < 1.29 is 9.50 Å². The first kappa shape index (κ1) is 6.96. The van der Waals surface area contributed by atoms with Gasteiger partial charge in [-0.2, -0.15) is 0 Å². The van der Waals surface area contributed by atoms with Crippen molar-refractivity contribution in [3.63, 3.8) is 0 Å². The lowest BCUT2D eigenvalue weighted by Gasteiger charge is -2.11. The Kier molecular flexibility index (Phi) is 2.03. The van der Waals surface area contributed by atoms with Crippen molar-refractivity contribution in [2.75, 3.05) is 6.54 Å². The molecule has 1 aliphatic heterocycles. The van der Waals surface area contributed by atoms with Gasteiger partial charge in [-0.25, -0.2) is 4.39 Å². The van der Waals surface area contributed by atoms with Crippen LogP contribution in [-0.2, 0) is 0 Å². The molecule has 1 aliphatic rings. The second kappa shape index (κ2) is 2.62. The van der Waals surface area contributed by atoms with Gasteiger partial charge in [-0.1, -0.05) is 0 Å². The van der Waals surface area contributed by atoms with E-state index in [9.17, 15) is 4.39 Å². The van der Waals surface area contributed by atoms with Crippen molar-refractivity contribution >= 4 is 0 Å². The number of aliphatic hydroxyl groups excluding tert-OH is 1. The predicted octanol–water partition coefficient (Wildman–Crippen LogP) is 0.0672. The minimum atomic E-state index is -0.760. The summed E-state index contributed by atoms with van der Waals surface area (Å²) in [6.07, 6.45) is -0.729. The van der Waals surface area contributed by atoms with Gasteiger partial charge in [0.25, 0.3) is 0 Å². The molecule has 0 radical (unpaired) electrons. The monoisotopic (exact) mass is 133 g/mol. The van der Waals surface area contributed by atoms with E-state index >= 15 is 0 Å². The van der Waals surface area contributed by atoms with E-state index in [1.807, 2.05) is 0 Å². The molecule has 0 aliphatic carbocycles. The van der Waals surface area contributed by atoms with Gasteiger partial charge in [-0.3, -0.25) is 0 Å². The summed E-state index contributed by atoms with van der Waals surface area (Å²) in [7, 11) is 0. The standard InChI is InChI=1S/C6H12FNO/c1-4(9)6-2-5(7)3-8-6/h4-6,8-9H,2-3H2,1H3/t4-,5+,6-/m1/s1. The molecule has 0 aromatic heterocycles. The normalized spacial score (nSPS) is 39.0. The zero-order valence-electron chi connectivity index (χ0n) is 5.47. The van der Waals surface area contributed by atoms with Gasteiger partial charge in [0.05, 0.1) is 6.10 Å². The number of nitrogens with one attached hydrogen (secondary N) is 1. The third-order valence-corrected chi connectivity index (χ3v) is 1.69. The van der Waals surface area contributed by atoms with Crippen LogP contribution >= 0.6 is 0 Å². The molecule has 0 saturated carbocycles. The molecule has 1 saturated heterocycles. The first-order valence-corrected chi connectivity index (χ1v) is 3.25. The molecule has 54 valence electrons. The highest BCUT2D eigenvalue weighted by molar-refractivity contribution is 4.84. The third-order valence-electron chi connectivity index (χ3n) is 1.69. The summed E-state index contributed by atoms with van der Waals surface area (Å²) in [5, 5.41) is 11.8. The molecule has 0 spiro atoms. The number of alkyl halides is 1. The fourth-order valence-corrected chi connectivity index (χ4v) is 1.09. The molecule has 0 aromatic rings. The summed E-state index contributed by atoms with van der Waals surface area (Å²) in [6, 6.07) is -0.0278. The zero-order chi connectivity index (χ0) is 6.85.